The quantitative estimate of drug-likeness (QED) is 0.468. The van der Waals surface area contributed by atoms with E-state index in [1.54, 1.807) is 24.0 Å². The molecule has 126 valence electrons. The number of carboxylic acids is 1. The molecule has 0 unspecified atom stereocenters. The molecule has 0 atom stereocenters. The lowest BCUT2D eigenvalue weighted by atomic mass is 10.1. The van der Waals surface area contributed by atoms with E-state index in [2.05, 4.69) is 16.8 Å². The first-order valence-corrected chi connectivity index (χ1v) is 8.30. The minimum atomic E-state index is -1.23. The first-order chi connectivity index (χ1) is 12.0. The Morgan fingerprint density at radius 3 is 2.68 bits per heavy atom. The summed E-state index contributed by atoms with van der Waals surface area (Å²) in [7, 11) is 0. The molecular weight excluding hydrogens is 338 g/mol. The zero-order valence-corrected chi connectivity index (χ0v) is 14.2. The normalized spacial score (nSPS) is 15.6. The van der Waals surface area contributed by atoms with Crippen LogP contribution in [-0.2, 0) is 4.79 Å². The van der Waals surface area contributed by atoms with Gasteiger partial charge in [0.15, 0.2) is 5.71 Å². The first-order valence-electron chi connectivity index (χ1n) is 7.49. The number of para-hydroxylation sites is 1. The molecule has 2 heterocycles. The minimum Gasteiger partial charge on any atom is -0.544 e. The molecule has 0 bridgehead atoms. The molecule has 0 radical (unpaired) electrons. The lowest BCUT2D eigenvalue weighted by molar-refractivity contribution is -0.254. The van der Waals surface area contributed by atoms with E-state index >= 15 is 0 Å². The molecule has 3 rings (SSSR count). The topological polar surface area (TPSA) is 85.2 Å². The van der Waals surface area contributed by atoms with Crippen molar-refractivity contribution in [1.29, 1.82) is 0 Å². The van der Waals surface area contributed by atoms with Crippen LogP contribution in [0.5, 0.6) is 0 Å². The highest BCUT2D eigenvalue weighted by Gasteiger charge is 2.33. The monoisotopic (exact) mass is 352 g/mol. The van der Waals surface area contributed by atoms with E-state index in [4.69, 9.17) is 0 Å². The van der Waals surface area contributed by atoms with Gasteiger partial charge in [0.25, 0.3) is 5.91 Å². The van der Waals surface area contributed by atoms with Crippen LogP contribution in [0.2, 0.25) is 0 Å². The van der Waals surface area contributed by atoms with Crippen LogP contribution in [0, 0.1) is 0 Å². The number of aromatic carboxylic acids is 1. The van der Waals surface area contributed by atoms with Crippen molar-refractivity contribution in [3.05, 3.63) is 64.4 Å². The lowest BCUT2D eigenvalue weighted by Crippen LogP contribution is -2.30. The fourth-order valence-electron chi connectivity index (χ4n) is 2.49. The molecule has 0 spiro atoms. The number of hydrogen-bond donors (Lipinski definition) is 0. The summed E-state index contributed by atoms with van der Waals surface area (Å²) >= 11 is 1.06. The molecule has 6 nitrogen and oxygen atoms in total. The molecule has 1 amide bonds. The fourth-order valence-corrected chi connectivity index (χ4v) is 3.27. The van der Waals surface area contributed by atoms with Crippen molar-refractivity contribution in [1.82, 2.24) is 0 Å². The zero-order chi connectivity index (χ0) is 18.0. The molecule has 25 heavy (non-hydrogen) atoms. The van der Waals surface area contributed by atoms with Crippen molar-refractivity contribution in [3.63, 3.8) is 0 Å². The molecule has 1 aliphatic heterocycles. The van der Waals surface area contributed by atoms with E-state index in [-0.39, 0.29) is 16.5 Å². The van der Waals surface area contributed by atoms with Gasteiger partial charge in [-0.2, -0.15) is 5.10 Å². The molecule has 1 aromatic heterocycles. The Balaban J connectivity index is 1.96. The van der Waals surface area contributed by atoms with Gasteiger partial charge >= 0.3 is 0 Å². The second-order valence-corrected chi connectivity index (χ2v) is 6.39. The van der Waals surface area contributed by atoms with Crippen LogP contribution in [0.3, 0.4) is 0 Å². The number of thiophene rings is 1. The summed E-state index contributed by atoms with van der Waals surface area (Å²) in [5, 5.41) is 19.1. The minimum absolute atomic E-state index is 0.122. The van der Waals surface area contributed by atoms with Gasteiger partial charge in [-0.1, -0.05) is 24.3 Å². The third kappa shape index (κ3) is 3.14. The summed E-state index contributed by atoms with van der Waals surface area (Å²) in [6, 6.07) is 10.5. The Hall–Kier alpha value is -3.06. The van der Waals surface area contributed by atoms with E-state index in [1.807, 2.05) is 24.3 Å². The first kappa shape index (κ1) is 16.8. The largest absolute Gasteiger partial charge is 0.544 e. The Morgan fingerprint density at radius 1 is 1.28 bits per heavy atom. The number of carboxylic acid groups (broad SMARTS) is 1. The van der Waals surface area contributed by atoms with Gasteiger partial charge in [-0.15, -0.1) is 23.0 Å². The van der Waals surface area contributed by atoms with E-state index in [0.29, 0.717) is 22.7 Å². The smallest absolute Gasteiger partial charge is 0.279 e. The van der Waals surface area contributed by atoms with Crippen molar-refractivity contribution < 1.29 is 14.7 Å². The van der Waals surface area contributed by atoms with Crippen molar-refractivity contribution in [2.24, 2.45) is 10.2 Å². The zero-order valence-electron chi connectivity index (χ0n) is 13.4. The Kier molecular flexibility index (Phi) is 4.58. The summed E-state index contributed by atoms with van der Waals surface area (Å²) in [6.07, 6.45) is 1.65. The van der Waals surface area contributed by atoms with Gasteiger partial charge in [0.05, 0.1) is 27.1 Å². The number of anilines is 1. The number of amides is 1. The summed E-state index contributed by atoms with van der Waals surface area (Å²) in [6.45, 7) is 5.77. The maximum Gasteiger partial charge on any atom is 0.279 e. The van der Waals surface area contributed by atoms with Crippen molar-refractivity contribution in [2.75, 3.05) is 11.4 Å². The molecule has 7 heteroatoms. The summed E-state index contributed by atoms with van der Waals surface area (Å²) < 4.78 is 0. The molecule has 0 N–H and O–H groups in total. The van der Waals surface area contributed by atoms with Gasteiger partial charge in [0.1, 0.15) is 0 Å². The maximum absolute atomic E-state index is 12.6. The van der Waals surface area contributed by atoms with Crippen LogP contribution >= 0.6 is 11.3 Å². The molecule has 0 saturated carbocycles. The van der Waals surface area contributed by atoms with Gasteiger partial charge < -0.3 is 14.8 Å². The Bertz CT molecular complexity index is 927. The van der Waals surface area contributed by atoms with Crippen LogP contribution in [0.1, 0.15) is 27.0 Å². The SMILES string of the molecule is C=CCN1C(=O)/C(=N\N=C(\C)c2ccc(C(=O)[O-])s2)c2ccccc21. The van der Waals surface area contributed by atoms with E-state index in [0.717, 1.165) is 17.0 Å². The number of hydrogen-bond acceptors (Lipinski definition) is 6. The predicted octanol–water partition coefficient (Wildman–Crippen LogP) is 1.86. The lowest BCUT2D eigenvalue weighted by Gasteiger charge is -2.13. The number of carbonyl (C=O) groups excluding carboxylic acids is 2. The van der Waals surface area contributed by atoms with Crippen LogP contribution in [-0.4, -0.2) is 29.8 Å². The third-order valence-electron chi connectivity index (χ3n) is 3.67. The van der Waals surface area contributed by atoms with Gasteiger partial charge in [-0.3, -0.25) is 4.79 Å². The van der Waals surface area contributed by atoms with Gasteiger partial charge in [0.2, 0.25) is 0 Å². The van der Waals surface area contributed by atoms with Crippen molar-refractivity contribution in [3.8, 4) is 0 Å². The number of nitrogens with zero attached hydrogens (tertiary/aromatic N) is 3. The molecule has 0 aliphatic carbocycles. The van der Waals surface area contributed by atoms with Crippen LogP contribution in [0.4, 0.5) is 5.69 Å². The maximum atomic E-state index is 12.6. The van der Waals surface area contributed by atoms with Crippen LogP contribution in [0.25, 0.3) is 0 Å². The Labute approximate surface area is 148 Å². The Morgan fingerprint density at radius 2 is 2.00 bits per heavy atom. The number of fused-ring (bicyclic) bond motifs is 1. The second-order valence-electron chi connectivity index (χ2n) is 5.31. The van der Waals surface area contributed by atoms with E-state index in [1.165, 1.54) is 6.07 Å². The number of rotatable bonds is 5. The van der Waals surface area contributed by atoms with Gasteiger partial charge in [-0.25, -0.2) is 0 Å². The average molecular weight is 352 g/mol. The van der Waals surface area contributed by atoms with E-state index < -0.39 is 5.97 Å². The molecule has 0 fully saturated rings. The number of carbonyl (C=O) groups is 2. The molecular formula is C18H14N3O3S-. The number of benzene rings is 1. The average Bonchev–Trinajstić information content (AvgIpc) is 3.19. The second kappa shape index (κ2) is 6.82. The molecule has 1 aromatic carbocycles. The fraction of sp³-hybridized carbons (Fsp3) is 0.111. The highest BCUT2D eigenvalue weighted by molar-refractivity contribution is 7.15. The van der Waals surface area contributed by atoms with Gasteiger partial charge in [-0.05, 0) is 25.1 Å². The highest BCUT2D eigenvalue weighted by atomic mass is 32.1. The van der Waals surface area contributed by atoms with Crippen LogP contribution < -0.4 is 10.0 Å². The standard InChI is InChI=1S/C18H15N3O3S/c1-3-10-21-13-7-5-4-6-12(13)16(17(21)22)20-19-11(2)14-8-9-15(25-14)18(23)24/h3-9H,1,10H2,2H3,(H,23,24)/p-1/b19-11-,20-16-. The molecule has 0 saturated heterocycles. The molecule has 2 aromatic rings. The van der Waals surface area contributed by atoms with Crippen molar-refractivity contribution in [2.45, 2.75) is 6.92 Å². The van der Waals surface area contributed by atoms with E-state index in [9.17, 15) is 14.7 Å². The van der Waals surface area contributed by atoms with Crippen molar-refractivity contribution >= 4 is 40.3 Å². The summed E-state index contributed by atoms with van der Waals surface area (Å²) in [4.78, 5) is 25.8. The summed E-state index contributed by atoms with van der Waals surface area (Å²) in [5.74, 6) is -1.46. The third-order valence-corrected chi connectivity index (χ3v) is 4.85. The molecule has 1 aliphatic rings. The highest BCUT2D eigenvalue weighted by Crippen LogP contribution is 2.29. The summed E-state index contributed by atoms with van der Waals surface area (Å²) in [5.41, 5.74) is 2.27. The van der Waals surface area contributed by atoms with Crippen LogP contribution in [0.15, 0.2) is 59.3 Å². The van der Waals surface area contributed by atoms with Gasteiger partial charge in [0, 0.05) is 12.1 Å². The predicted molar refractivity (Wildman–Crippen MR) is 96.4 cm³/mol.